The van der Waals surface area contributed by atoms with Crippen LogP contribution in [0.4, 0.5) is 11.9 Å². The Morgan fingerprint density at radius 3 is 1.51 bits per heavy atom. The van der Waals surface area contributed by atoms with Crippen molar-refractivity contribution in [3.8, 4) is 23.5 Å². The third kappa shape index (κ3) is 20.1. The van der Waals surface area contributed by atoms with E-state index in [4.69, 9.17) is 22.1 Å². The summed E-state index contributed by atoms with van der Waals surface area (Å²) < 4.78 is 0. The van der Waals surface area contributed by atoms with Crippen molar-refractivity contribution in [2.75, 3.05) is 49.1 Å². The fourth-order valence-electron chi connectivity index (χ4n) is 6.19. The molecule has 2 N–H and O–H groups in total. The van der Waals surface area contributed by atoms with E-state index in [1.54, 1.807) is 24.8 Å². The first-order valence-electron chi connectivity index (χ1n) is 18.0. The molecule has 0 atom stereocenters. The molecule has 3 aliphatic heterocycles. The molecule has 0 amide bonds. The van der Waals surface area contributed by atoms with Crippen molar-refractivity contribution in [1.29, 1.82) is 10.5 Å². The molecule has 3 aliphatic rings. The lowest BCUT2D eigenvalue weighted by molar-refractivity contribution is 0.265. The SMILES string of the molecule is CC1(C)CCCN(c2ncc(-c3nn[nH]n3)cn2)C1.CC1(C)CCCN(c2ncc(C#N)cn2)C1.CC1(C)CCCNC1.I.II.N#Cc1cnc(Cl)nc1.S=S.[HH]. The number of aromatic amines is 1. The second-order valence-corrected chi connectivity index (χ2v) is 15.9. The molecule has 0 radical (unpaired) electrons. The first-order valence-corrected chi connectivity index (χ1v) is 26.0. The molecule has 312 valence electrons. The molecule has 4 aromatic heterocycles. The molecule has 21 heteroatoms. The summed E-state index contributed by atoms with van der Waals surface area (Å²) in [5.74, 6) is 2.04. The Labute approximate surface area is 393 Å². The van der Waals surface area contributed by atoms with Crippen LogP contribution in [0.3, 0.4) is 0 Å². The Balaban J connectivity index is 0.000000754. The summed E-state index contributed by atoms with van der Waals surface area (Å²) in [4.78, 5) is 28.9. The number of nitrogens with zero attached hydrogens (tertiary/aromatic N) is 13. The Bertz CT molecular complexity index is 1770. The molecule has 0 spiro atoms. The lowest BCUT2D eigenvalue weighted by Crippen LogP contribution is -2.40. The van der Waals surface area contributed by atoms with Gasteiger partial charge in [0.25, 0.3) is 0 Å². The fourth-order valence-corrected chi connectivity index (χ4v) is 6.29. The van der Waals surface area contributed by atoms with Crippen LogP contribution >= 0.6 is 72.8 Å². The highest BCUT2D eigenvalue weighted by atomic mass is 128. The van der Waals surface area contributed by atoms with Crippen LogP contribution in [0.5, 0.6) is 0 Å². The van der Waals surface area contributed by atoms with Crippen molar-refractivity contribution in [3.63, 3.8) is 0 Å². The highest BCUT2D eigenvalue weighted by molar-refractivity contribution is 15.0. The van der Waals surface area contributed by atoms with Crippen molar-refractivity contribution >= 4 is 107 Å². The summed E-state index contributed by atoms with van der Waals surface area (Å²) in [5.41, 5.74) is 2.93. The van der Waals surface area contributed by atoms with Gasteiger partial charge in [-0.1, -0.05) is 41.5 Å². The number of nitriles is 2. The third-order valence-electron chi connectivity index (χ3n) is 8.94. The summed E-state index contributed by atoms with van der Waals surface area (Å²) in [5, 5.41) is 34.2. The predicted octanol–water partition coefficient (Wildman–Crippen LogP) is 8.29. The molecule has 7 rings (SSSR count). The molecule has 7 heterocycles. The Morgan fingerprint density at radius 1 is 0.719 bits per heavy atom. The number of piperidine rings is 3. The van der Waals surface area contributed by atoms with Crippen LogP contribution in [-0.2, 0) is 22.4 Å². The van der Waals surface area contributed by atoms with Crippen LogP contribution in [0.15, 0.2) is 37.2 Å². The van der Waals surface area contributed by atoms with Gasteiger partial charge in [-0.05, 0) is 78.1 Å². The maximum absolute atomic E-state index is 8.68. The van der Waals surface area contributed by atoms with Gasteiger partial charge in [0.05, 0.1) is 29.1 Å². The molecule has 0 saturated carbocycles. The quantitative estimate of drug-likeness (QED) is 0.147. The van der Waals surface area contributed by atoms with Crippen molar-refractivity contribution < 1.29 is 1.43 Å². The maximum Gasteiger partial charge on any atom is 0.225 e. The van der Waals surface area contributed by atoms with Gasteiger partial charge in [0, 0.05) is 119 Å². The minimum absolute atomic E-state index is 0. The molecular weight excluding hydrogens is 1120 g/mol. The van der Waals surface area contributed by atoms with Gasteiger partial charge in [-0.3, -0.25) is 0 Å². The second-order valence-electron chi connectivity index (χ2n) is 15.6. The summed E-state index contributed by atoms with van der Waals surface area (Å²) in [7, 11) is 0. The fraction of sp³-hybridized carbons (Fsp3) is 0.583. The lowest BCUT2D eigenvalue weighted by atomic mass is 9.84. The van der Waals surface area contributed by atoms with E-state index < -0.39 is 0 Å². The van der Waals surface area contributed by atoms with E-state index in [-0.39, 0.29) is 30.7 Å². The summed E-state index contributed by atoms with van der Waals surface area (Å²) in [6, 6.07) is 3.90. The van der Waals surface area contributed by atoms with E-state index in [1.165, 1.54) is 64.0 Å². The summed E-state index contributed by atoms with van der Waals surface area (Å²) in [6.07, 6.45) is 17.0. The smallest absolute Gasteiger partial charge is 0.225 e. The number of anilines is 2. The number of hydrogen-bond acceptors (Lipinski definition) is 16. The van der Waals surface area contributed by atoms with Gasteiger partial charge in [0.1, 0.15) is 12.1 Å². The number of rotatable bonds is 3. The molecule has 0 aromatic carbocycles. The Morgan fingerprint density at radius 2 is 1.16 bits per heavy atom. The molecule has 15 nitrogen and oxygen atoms in total. The molecule has 3 saturated heterocycles. The molecule has 57 heavy (non-hydrogen) atoms. The van der Waals surface area contributed by atoms with Gasteiger partial charge < -0.3 is 15.1 Å². The summed E-state index contributed by atoms with van der Waals surface area (Å²) in [6.45, 7) is 20.2. The molecule has 0 aliphatic carbocycles. The minimum atomic E-state index is 0. The zero-order valence-electron chi connectivity index (χ0n) is 33.1. The van der Waals surface area contributed by atoms with E-state index >= 15 is 0 Å². The number of aromatic nitrogens is 10. The molecule has 3 fully saturated rings. The van der Waals surface area contributed by atoms with Gasteiger partial charge in [-0.2, -0.15) is 15.7 Å². The van der Waals surface area contributed by atoms with Gasteiger partial charge in [0.2, 0.25) is 23.0 Å². The van der Waals surface area contributed by atoms with E-state index in [1.807, 2.05) is 12.1 Å². The number of halogens is 4. The maximum atomic E-state index is 8.68. The third-order valence-corrected chi connectivity index (χ3v) is 9.13. The van der Waals surface area contributed by atoms with E-state index in [2.05, 4.69) is 167 Å². The standard InChI is InChI=1S/C12H17N7.C12H16N4.C7H15N.C5H2ClN3.I2.HI.S2.H2/c1-12(2)4-3-5-19(8-12)11-13-6-9(7-14-11)10-15-17-18-16-10;1-12(2)4-3-5-16(9-12)11-14-7-10(6-13)8-15-11;1-7(2)4-3-5-8-6-7;6-5-8-2-4(1-7)3-9-5;1-2;;1-2;/h6-7H,3-5,8H2,1-2H3,(H,15,16,17,18);7-8H,3-5,9H2,1-2H3;8H,3-6H2,1-2H3;2-3H;;1H;;1H. The highest BCUT2D eigenvalue weighted by Crippen LogP contribution is 2.31. The van der Waals surface area contributed by atoms with Crippen LogP contribution in [0.25, 0.3) is 11.4 Å². The van der Waals surface area contributed by atoms with Crippen LogP contribution in [-0.4, -0.2) is 89.8 Å². The molecule has 0 unspecified atom stereocenters. The average Bonchev–Trinajstić information content (AvgIpc) is 3.75. The number of nitrogens with one attached hydrogen (secondary N) is 2. The Kier molecular flexibility index (Phi) is 25.5. The van der Waals surface area contributed by atoms with Crippen LogP contribution in [0.2, 0.25) is 5.28 Å². The Hall–Kier alpha value is -2.23. The van der Waals surface area contributed by atoms with Gasteiger partial charge >= 0.3 is 0 Å². The van der Waals surface area contributed by atoms with Crippen molar-refractivity contribution in [2.24, 2.45) is 16.2 Å². The zero-order chi connectivity index (χ0) is 41.6. The van der Waals surface area contributed by atoms with Crippen molar-refractivity contribution in [3.05, 3.63) is 53.6 Å². The monoisotopic (exact) mass is 1180 g/mol. The molecule has 4 aromatic rings. The van der Waals surface area contributed by atoms with Crippen LogP contribution < -0.4 is 15.1 Å². The molecular formula is C36H53ClI3N15S2. The highest BCUT2D eigenvalue weighted by Gasteiger charge is 2.28. The van der Waals surface area contributed by atoms with Crippen LogP contribution in [0, 0.1) is 38.9 Å². The number of H-pyrrole nitrogens is 1. The zero-order valence-corrected chi connectivity index (χ0v) is 42.2. The molecule has 0 bridgehead atoms. The van der Waals surface area contributed by atoms with Gasteiger partial charge in [0.15, 0.2) is 0 Å². The first-order chi connectivity index (χ1) is 26.8. The van der Waals surface area contributed by atoms with Crippen LogP contribution in [0.1, 0.15) is 92.6 Å². The van der Waals surface area contributed by atoms with E-state index in [9.17, 15) is 0 Å². The first kappa shape index (κ1) is 52.8. The van der Waals surface area contributed by atoms with Crippen molar-refractivity contribution in [2.45, 2.75) is 80.1 Å². The topological polar surface area (TPSA) is 198 Å². The minimum Gasteiger partial charge on any atom is -0.340 e. The van der Waals surface area contributed by atoms with Gasteiger partial charge in [-0.25, -0.2) is 29.9 Å². The predicted molar refractivity (Wildman–Crippen MR) is 260 cm³/mol. The van der Waals surface area contributed by atoms with Crippen molar-refractivity contribution in [1.82, 2.24) is 55.8 Å². The summed E-state index contributed by atoms with van der Waals surface area (Å²) >= 11 is 16.9. The largest absolute Gasteiger partial charge is 0.340 e. The van der Waals surface area contributed by atoms with E-state index in [0.717, 1.165) is 43.6 Å². The number of hydrogen-bond donors (Lipinski definition) is 2. The van der Waals surface area contributed by atoms with E-state index in [0.29, 0.717) is 33.2 Å². The van der Waals surface area contributed by atoms with Gasteiger partial charge in [-0.15, -0.1) is 34.2 Å². The second kappa shape index (κ2) is 27.5. The lowest BCUT2D eigenvalue weighted by Gasteiger charge is -2.37. The average molecular weight is 1180 g/mol. The number of tetrazole rings is 1. The normalized spacial score (nSPS) is 17.0.